The minimum absolute atomic E-state index is 0.232. The van der Waals surface area contributed by atoms with Gasteiger partial charge in [-0.25, -0.2) is 0 Å². The summed E-state index contributed by atoms with van der Waals surface area (Å²) >= 11 is 0. The molecule has 1 aliphatic rings. The maximum Gasteiger partial charge on any atom is 0.321 e. The van der Waals surface area contributed by atoms with E-state index in [2.05, 4.69) is 10.1 Å². The number of hydrogen-bond acceptors (Lipinski definition) is 6. The Morgan fingerprint density at radius 1 is 1.24 bits per heavy atom. The van der Waals surface area contributed by atoms with Crippen molar-refractivity contribution < 1.29 is 18.8 Å². The van der Waals surface area contributed by atoms with E-state index >= 15 is 0 Å². The van der Waals surface area contributed by atoms with Gasteiger partial charge in [-0.05, 0) is 26.7 Å². The van der Waals surface area contributed by atoms with E-state index in [1.54, 1.807) is 0 Å². The van der Waals surface area contributed by atoms with E-state index in [1.807, 2.05) is 13.8 Å². The standard InChI is InChI=1S/C15H24N2O4/c1-3-19-11-8-12-16-13(21-17-12)15(14(18)20-4-2)9-6-5-7-10-15/h3-11H2,1-2H3. The molecule has 1 aromatic heterocycles. The third-order valence-corrected chi connectivity index (χ3v) is 3.92. The smallest absolute Gasteiger partial charge is 0.321 e. The highest BCUT2D eigenvalue weighted by atomic mass is 16.5. The van der Waals surface area contributed by atoms with Crippen LogP contribution in [0.4, 0.5) is 0 Å². The van der Waals surface area contributed by atoms with Crippen molar-refractivity contribution in [2.24, 2.45) is 0 Å². The van der Waals surface area contributed by atoms with Crippen molar-refractivity contribution in [2.45, 2.75) is 57.8 Å². The molecule has 0 bridgehead atoms. The van der Waals surface area contributed by atoms with Crippen molar-refractivity contribution in [3.8, 4) is 0 Å². The zero-order valence-electron chi connectivity index (χ0n) is 12.9. The first-order valence-corrected chi connectivity index (χ1v) is 7.81. The summed E-state index contributed by atoms with van der Waals surface area (Å²) in [5, 5.41) is 3.98. The molecule has 0 saturated heterocycles. The molecule has 0 N–H and O–H groups in total. The number of nitrogens with zero attached hydrogens (tertiary/aromatic N) is 2. The summed E-state index contributed by atoms with van der Waals surface area (Å²) in [4.78, 5) is 16.8. The zero-order valence-corrected chi connectivity index (χ0v) is 12.9. The lowest BCUT2D eigenvalue weighted by molar-refractivity contribution is -0.152. The number of rotatable bonds is 7. The second-order valence-electron chi connectivity index (χ2n) is 5.33. The Balaban J connectivity index is 2.15. The molecular formula is C15H24N2O4. The average molecular weight is 296 g/mol. The van der Waals surface area contributed by atoms with Crippen LogP contribution in [0.25, 0.3) is 0 Å². The highest BCUT2D eigenvalue weighted by Crippen LogP contribution is 2.39. The molecule has 1 fully saturated rings. The molecule has 21 heavy (non-hydrogen) atoms. The Morgan fingerprint density at radius 3 is 2.67 bits per heavy atom. The van der Waals surface area contributed by atoms with E-state index in [1.165, 1.54) is 0 Å². The van der Waals surface area contributed by atoms with Crippen LogP contribution in [-0.4, -0.2) is 35.9 Å². The van der Waals surface area contributed by atoms with Crippen LogP contribution in [0.1, 0.15) is 57.7 Å². The number of esters is 1. The molecule has 2 rings (SSSR count). The molecule has 1 heterocycles. The van der Waals surface area contributed by atoms with Crippen LogP contribution in [0.15, 0.2) is 4.52 Å². The minimum atomic E-state index is -0.745. The topological polar surface area (TPSA) is 74.5 Å². The van der Waals surface area contributed by atoms with Gasteiger partial charge in [0.25, 0.3) is 0 Å². The third-order valence-electron chi connectivity index (χ3n) is 3.92. The van der Waals surface area contributed by atoms with Gasteiger partial charge in [0.2, 0.25) is 5.89 Å². The van der Waals surface area contributed by atoms with Gasteiger partial charge in [-0.15, -0.1) is 0 Å². The molecule has 118 valence electrons. The lowest BCUT2D eigenvalue weighted by atomic mass is 9.74. The van der Waals surface area contributed by atoms with Crippen molar-refractivity contribution in [3.63, 3.8) is 0 Å². The summed E-state index contributed by atoms with van der Waals surface area (Å²) in [5.74, 6) is 0.768. The summed E-state index contributed by atoms with van der Waals surface area (Å²) in [6.45, 7) is 5.35. The Kier molecular flexibility index (Phi) is 5.73. The highest BCUT2D eigenvalue weighted by molar-refractivity contribution is 5.82. The van der Waals surface area contributed by atoms with E-state index in [4.69, 9.17) is 14.0 Å². The predicted molar refractivity (Wildman–Crippen MR) is 75.9 cm³/mol. The van der Waals surface area contributed by atoms with Crippen molar-refractivity contribution in [3.05, 3.63) is 11.7 Å². The molecule has 0 aliphatic heterocycles. The monoisotopic (exact) mass is 296 g/mol. The lowest BCUT2D eigenvalue weighted by Gasteiger charge is -2.31. The molecule has 6 heteroatoms. The molecule has 0 radical (unpaired) electrons. The Hall–Kier alpha value is -1.43. The molecule has 1 saturated carbocycles. The molecule has 0 spiro atoms. The summed E-state index contributed by atoms with van der Waals surface area (Å²) < 4.78 is 15.9. The van der Waals surface area contributed by atoms with Crippen molar-refractivity contribution >= 4 is 5.97 Å². The number of aromatic nitrogens is 2. The summed E-state index contributed by atoms with van der Waals surface area (Å²) in [6, 6.07) is 0. The summed E-state index contributed by atoms with van der Waals surface area (Å²) in [6.07, 6.45) is 5.13. The van der Waals surface area contributed by atoms with E-state index in [-0.39, 0.29) is 5.97 Å². The molecule has 0 aromatic carbocycles. The van der Waals surface area contributed by atoms with Crippen LogP contribution < -0.4 is 0 Å². The molecule has 1 aliphatic carbocycles. The van der Waals surface area contributed by atoms with E-state index in [9.17, 15) is 4.79 Å². The molecule has 1 aromatic rings. The maximum atomic E-state index is 12.4. The Labute approximate surface area is 125 Å². The Bertz CT molecular complexity index is 452. The van der Waals surface area contributed by atoms with Gasteiger partial charge in [0.15, 0.2) is 5.82 Å². The second kappa shape index (κ2) is 7.54. The number of hydrogen-bond donors (Lipinski definition) is 0. The highest BCUT2D eigenvalue weighted by Gasteiger charge is 2.47. The first-order valence-electron chi connectivity index (χ1n) is 7.81. The lowest BCUT2D eigenvalue weighted by Crippen LogP contribution is -2.39. The number of carbonyl (C=O) groups is 1. The van der Waals surface area contributed by atoms with Gasteiger partial charge in [-0.1, -0.05) is 24.4 Å². The summed E-state index contributed by atoms with van der Waals surface area (Å²) in [7, 11) is 0. The minimum Gasteiger partial charge on any atom is -0.465 e. The quantitative estimate of drug-likeness (QED) is 0.568. The molecule has 0 amide bonds. The first kappa shape index (κ1) is 15.9. The fraction of sp³-hybridized carbons (Fsp3) is 0.800. The van der Waals surface area contributed by atoms with Gasteiger partial charge >= 0.3 is 5.97 Å². The van der Waals surface area contributed by atoms with Crippen LogP contribution in [0.5, 0.6) is 0 Å². The summed E-state index contributed by atoms with van der Waals surface area (Å²) in [5.41, 5.74) is -0.745. The average Bonchev–Trinajstić information content (AvgIpc) is 2.98. The van der Waals surface area contributed by atoms with Crippen molar-refractivity contribution in [1.82, 2.24) is 10.1 Å². The number of ether oxygens (including phenoxy) is 2. The van der Waals surface area contributed by atoms with E-state index < -0.39 is 5.41 Å². The number of carbonyl (C=O) groups excluding carboxylic acids is 1. The van der Waals surface area contributed by atoms with Gasteiger partial charge in [0, 0.05) is 13.0 Å². The van der Waals surface area contributed by atoms with Crippen molar-refractivity contribution in [2.75, 3.05) is 19.8 Å². The van der Waals surface area contributed by atoms with E-state index in [0.717, 1.165) is 32.1 Å². The van der Waals surface area contributed by atoms with Crippen LogP contribution in [0, 0.1) is 0 Å². The van der Waals surface area contributed by atoms with Gasteiger partial charge < -0.3 is 14.0 Å². The predicted octanol–water partition coefficient (Wildman–Crippen LogP) is 2.41. The zero-order chi connectivity index (χ0) is 15.1. The van der Waals surface area contributed by atoms with Gasteiger partial charge in [0.05, 0.1) is 13.2 Å². The van der Waals surface area contributed by atoms with Crippen molar-refractivity contribution in [1.29, 1.82) is 0 Å². The van der Waals surface area contributed by atoms with Gasteiger partial charge in [0.1, 0.15) is 5.41 Å². The van der Waals surface area contributed by atoms with Crippen LogP contribution in [0.3, 0.4) is 0 Å². The van der Waals surface area contributed by atoms with Crippen LogP contribution in [-0.2, 0) is 26.1 Å². The van der Waals surface area contributed by atoms with Crippen LogP contribution >= 0.6 is 0 Å². The Morgan fingerprint density at radius 2 is 2.00 bits per heavy atom. The molecule has 0 atom stereocenters. The third kappa shape index (κ3) is 3.61. The maximum absolute atomic E-state index is 12.4. The van der Waals surface area contributed by atoms with Gasteiger partial charge in [-0.2, -0.15) is 4.98 Å². The largest absolute Gasteiger partial charge is 0.465 e. The fourth-order valence-corrected chi connectivity index (χ4v) is 2.79. The molecular weight excluding hydrogens is 272 g/mol. The first-order chi connectivity index (χ1) is 10.2. The van der Waals surface area contributed by atoms with E-state index in [0.29, 0.717) is 38.0 Å². The fourth-order valence-electron chi connectivity index (χ4n) is 2.79. The van der Waals surface area contributed by atoms with Crippen LogP contribution in [0.2, 0.25) is 0 Å². The molecule has 0 unspecified atom stereocenters. The van der Waals surface area contributed by atoms with Gasteiger partial charge in [-0.3, -0.25) is 4.79 Å². The SMILES string of the molecule is CCOCCc1noc(C2(C(=O)OCC)CCCCC2)n1. The normalized spacial score (nSPS) is 17.6. The second-order valence-corrected chi connectivity index (χ2v) is 5.33. The molecule has 6 nitrogen and oxygen atoms in total.